The van der Waals surface area contributed by atoms with Crippen LogP contribution in [0, 0.1) is 5.41 Å². The number of aliphatic hydroxyl groups is 1. The molecule has 4 heteroatoms. The second-order valence-corrected chi connectivity index (χ2v) is 5.84. The third-order valence-electron chi connectivity index (χ3n) is 2.86. The van der Waals surface area contributed by atoms with Gasteiger partial charge in [0.2, 0.25) is 5.91 Å². The Labute approximate surface area is 92.2 Å². The van der Waals surface area contributed by atoms with Crippen molar-refractivity contribution >= 4 is 5.91 Å². The predicted molar refractivity (Wildman–Crippen MR) is 61.4 cm³/mol. The van der Waals surface area contributed by atoms with Crippen molar-refractivity contribution in [2.75, 3.05) is 6.54 Å². The SMILES string of the molecule is CC(C)(O)CNC(=O)C(C)(C)C(C)(C)N. The highest BCUT2D eigenvalue weighted by Crippen LogP contribution is 2.28. The Bertz CT molecular complexity index is 234. The Morgan fingerprint density at radius 1 is 1.20 bits per heavy atom. The summed E-state index contributed by atoms with van der Waals surface area (Å²) in [6.45, 7) is 10.7. The third-order valence-corrected chi connectivity index (χ3v) is 2.86. The van der Waals surface area contributed by atoms with E-state index < -0.39 is 16.6 Å². The zero-order valence-corrected chi connectivity index (χ0v) is 10.6. The molecule has 0 radical (unpaired) electrons. The predicted octanol–water partition coefficient (Wildman–Crippen LogP) is 0.637. The molecule has 0 aliphatic carbocycles. The summed E-state index contributed by atoms with van der Waals surface area (Å²) in [7, 11) is 0. The zero-order chi connectivity index (χ0) is 12.5. The maximum Gasteiger partial charge on any atom is 0.227 e. The Hall–Kier alpha value is -0.610. The molecule has 0 atom stereocenters. The molecule has 0 aliphatic rings. The number of nitrogens with two attached hydrogens (primary N) is 1. The fourth-order valence-electron chi connectivity index (χ4n) is 0.810. The lowest BCUT2D eigenvalue weighted by molar-refractivity contribution is -0.133. The number of nitrogens with one attached hydrogen (secondary N) is 1. The molecule has 0 aliphatic heterocycles. The summed E-state index contributed by atoms with van der Waals surface area (Å²) in [5.41, 5.74) is 3.76. The van der Waals surface area contributed by atoms with Crippen LogP contribution in [-0.4, -0.2) is 28.7 Å². The molecule has 15 heavy (non-hydrogen) atoms. The van der Waals surface area contributed by atoms with Gasteiger partial charge in [-0.05, 0) is 41.5 Å². The second-order valence-electron chi connectivity index (χ2n) is 5.84. The lowest BCUT2D eigenvalue weighted by Gasteiger charge is -2.37. The summed E-state index contributed by atoms with van der Waals surface area (Å²) in [5.74, 6) is -0.142. The fraction of sp³-hybridized carbons (Fsp3) is 0.909. The molecule has 0 aromatic rings. The normalized spacial score (nSPS) is 13.9. The number of hydrogen-bond acceptors (Lipinski definition) is 3. The molecule has 0 saturated carbocycles. The Morgan fingerprint density at radius 3 is 1.87 bits per heavy atom. The van der Waals surface area contributed by atoms with Gasteiger partial charge in [-0.3, -0.25) is 4.79 Å². The zero-order valence-electron chi connectivity index (χ0n) is 10.6. The van der Waals surface area contributed by atoms with E-state index >= 15 is 0 Å². The van der Waals surface area contributed by atoms with Crippen LogP contribution in [0.15, 0.2) is 0 Å². The van der Waals surface area contributed by atoms with E-state index in [0.29, 0.717) is 0 Å². The minimum atomic E-state index is -0.898. The highest BCUT2D eigenvalue weighted by atomic mass is 16.3. The summed E-state index contributed by atoms with van der Waals surface area (Å²) in [6.07, 6.45) is 0. The summed E-state index contributed by atoms with van der Waals surface area (Å²) in [5, 5.41) is 12.2. The van der Waals surface area contributed by atoms with Crippen molar-refractivity contribution in [2.24, 2.45) is 11.1 Å². The monoisotopic (exact) mass is 216 g/mol. The van der Waals surface area contributed by atoms with Gasteiger partial charge in [-0.15, -0.1) is 0 Å². The molecule has 90 valence electrons. The van der Waals surface area contributed by atoms with Crippen molar-refractivity contribution in [3.8, 4) is 0 Å². The summed E-state index contributed by atoms with van der Waals surface area (Å²) < 4.78 is 0. The molecule has 1 amide bonds. The largest absolute Gasteiger partial charge is 0.389 e. The average Bonchev–Trinajstić information content (AvgIpc) is 1.96. The molecular weight excluding hydrogens is 192 g/mol. The minimum absolute atomic E-state index is 0.142. The lowest BCUT2D eigenvalue weighted by Crippen LogP contribution is -2.56. The van der Waals surface area contributed by atoms with Gasteiger partial charge in [0.1, 0.15) is 0 Å². The number of carbonyl (C=O) groups excluding carboxylic acids is 1. The van der Waals surface area contributed by atoms with Crippen LogP contribution < -0.4 is 11.1 Å². The second kappa shape index (κ2) is 4.10. The van der Waals surface area contributed by atoms with E-state index in [2.05, 4.69) is 5.32 Å². The average molecular weight is 216 g/mol. The van der Waals surface area contributed by atoms with E-state index in [4.69, 9.17) is 5.73 Å². The van der Waals surface area contributed by atoms with Crippen LogP contribution in [0.5, 0.6) is 0 Å². The van der Waals surface area contributed by atoms with Crippen molar-refractivity contribution in [3.63, 3.8) is 0 Å². The molecule has 4 nitrogen and oxygen atoms in total. The minimum Gasteiger partial charge on any atom is -0.389 e. The van der Waals surface area contributed by atoms with E-state index in [1.54, 1.807) is 27.7 Å². The third kappa shape index (κ3) is 4.18. The van der Waals surface area contributed by atoms with Crippen LogP contribution in [0.2, 0.25) is 0 Å². The van der Waals surface area contributed by atoms with Gasteiger partial charge >= 0.3 is 0 Å². The van der Waals surface area contributed by atoms with Gasteiger partial charge in [0, 0.05) is 12.1 Å². The quantitative estimate of drug-likeness (QED) is 0.645. The van der Waals surface area contributed by atoms with Crippen molar-refractivity contribution in [1.82, 2.24) is 5.32 Å². The molecule has 0 spiro atoms. The Kier molecular flexibility index (Phi) is 3.93. The van der Waals surface area contributed by atoms with Gasteiger partial charge in [-0.1, -0.05) is 0 Å². The van der Waals surface area contributed by atoms with Crippen LogP contribution in [0.1, 0.15) is 41.5 Å². The molecular formula is C11H24N2O2. The standard InChI is InChI=1S/C11H24N2O2/c1-9(2,15)7-13-8(14)10(3,4)11(5,6)12/h15H,7,12H2,1-6H3,(H,13,14). The number of amides is 1. The topological polar surface area (TPSA) is 75.3 Å². The first-order chi connectivity index (χ1) is 6.38. The molecule has 0 aromatic heterocycles. The van der Waals surface area contributed by atoms with E-state index in [1.807, 2.05) is 13.8 Å². The number of rotatable bonds is 4. The van der Waals surface area contributed by atoms with Crippen LogP contribution in [-0.2, 0) is 4.79 Å². The van der Waals surface area contributed by atoms with E-state index in [0.717, 1.165) is 0 Å². The van der Waals surface area contributed by atoms with Crippen LogP contribution >= 0.6 is 0 Å². The van der Waals surface area contributed by atoms with Gasteiger partial charge in [0.25, 0.3) is 0 Å². The molecule has 0 unspecified atom stereocenters. The number of carbonyl (C=O) groups is 1. The summed E-state index contributed by atoms with van der Waals surface area (Å²) in [4.78, 5) is 11.9. The van der Waals surface area contributed by atoms with Crippen LogP contribution in [0.3, 0.4) is 0 Å². The van der Waals surface area contributed by atoms with Crippen molar-refractivity contribution in [2.45, 2.75) is 52.7 Å². The van der Waals surface area contributed by atoms with Gasteiger partial charge in [-0.2, -0.15) is 0 Å². The highest BCUT2D eigenvalue weighted by Gasteiger charge is 2.40. The van der Waals surface area contributed by atoms with E-state index in [1.165, 1.54) is 0 Å². The van der Waals surface area contributed by atoms with Crippen molar-refractivity contribution in [3.05, 3.63) is 0 Å². The lowest BCUT2D eigenvalue weighted by atomic mass is 9.74. The maximum atomic E-state index is 11.9. The van der Waals surface area contributed by atoms with Crippen molar-refractivity contribution in [1.29, 1.82) is 0 Å². The first-order valence-corrected chi connectivity index (χ1v) is 5.17. The maximum absolute atomic E-state index is 11.9. The smallest absolute Gasteiger partial charge is 0.227 e. The molecule has 0 heterocycles. The molecule has 4 N–H and O–H groups in total. The first kappa shape index (κ1) is 14.4. The Balaban J connectivity index is 4.47. The van der Waals surface area contributed by atoms with Gasteiger partial charge in [0.15, 0.2) is 0 Å². The van der Waals surface area contributed by atoms with Crippen molar-refractivity contribution < 1.29 is 9.90 Å². The highest BCUT2D eigenvalue weighted by molar-refractivity contribution is 5.83. The van der Waals surface area contributed by atoms with Crippen LogP contribution in [0.25, 0.3) is 0 Å². The van der Waals surface area contributed by atoms with Gasteiger partial charge < -0.3 is 16.2 Å². The molecule has 0 bridgehead atoms. The summed E-state index contributed by atoms with van der Waals surface area (Å²) >= 11 is 0. The first-order valence-electron chi connectivity index (χ1n) is 5.17. The van der Waals surface area contributed by atoms with E-state index in [-0.39, 0.29) is 12.5 Å². The van der Waals surface area contributed by atoms with Crippen LogP contribution in [0.4, 0.5) is 0 Å². The van der Waals surface area contributed by atoms with Gasteiger partial charge in [0.05, 0.1) is 11.0 Å². The van der Waals surface area contributed by atoms with Gasteiger partial charge in [-0.25, -0.2) is 0 Å². The molecule has 0 aromatic carbocycles. The molecule has 0 saturated heterocycles. The van der Waals surface area contributed by atoms with E-state index in [9.17, 15) is 9.90 Å². The Morgan fingerprint density at radius 2 is 1.60 bits per heavy atom. The molecule has 0 fully saturated rings. The summed E-state index contributed by atoms with van der Waals surface area (Å²) in [6, 6.07) is 0. The molecule has 0 rings (SSSR count). The number of hydrogen-bond donors (Lipinski definition) is 3. The fourth-order valence-corrected chi connectivity index (χ4v) is 0.810.